The lowest BCUT2D eigenvalue weighted by molar-refractivity contribution is -0.137. The van der Waals surface area contributed by atoms with Crippen LogP contribution in [0.2, 0.25) is 0 Å². The number of fused-ring (bicyclic) bond motifs is 2. The molecule has 1 amide bonds. The maximum Gasteiger partial charge on any atom is 0.416 e. The van der Waals surface area contributed by atoms with E-state index in [1.54, 1.807) is 30.5 Å². The molecule has 3 N–H and O–H groups in total. The zero-order valence-corrected chi connectivity index (χ0v) is 21.7. The van der Waals surface area contributed by atoms with Crippen LogP contribution in [0.1, 0.15) is 27.3 Å². The van der Waals surface area contributed by atoms with E-state index in [2.05, 4.69) is 37.7 Å². The molecule has 7 nitrogen and oxygen atoms in total. The molecule has 0 radical (unpaired) electrons. The van der Waals surface area contributed by atoms with Crippen LogP contribution in [0.25, 0.3) is 27.8 Å². The summed E-state index contributed by atoms with van der Waals surface area (Å²) in [5.74, 6) is -0.222. The summed E-state index contributed by atoms with van der Waals surface area (Å²) in [7, 11) is 0. The fourth-order valence-corrected chi connectivity index (χ4v) is 4.71. The number of imidazole rings is 2. The third kappa shape index (κ3) is 5.82. The first-order chi connectivity index (χ1) is 19.8. The number of rotatable bonds is 8. The van der Waals surface area contributed by atoms with Crippen molar-refractivity contribution in [1.29, 1.82) is 0 Å². The number of hydrogen-bond acceptors (Lipinski definition) is 4. The average molecular weight is 555 g/mol. The van der Waals surface area contributed by atoms with Gasteiger partial charge in [-0.3, -0.25) is 10.1 Å². The van der Waals surface area contributed by atoms with Crippen LogP contribution in [0.4, 0.5) is 19.1 Å². The zero-order valence-electron chi connectivity index (χ0n) is 21.7. The third-order valence-electron chi connectivity index (χ3n) is 6.79. The standard InChI is InChI=1S/C31H25F3N6O/c32-31(33,34)23-9-4-8-21(16-23)22-12-13-25-26(17-22)38-30(37-25)39-29(41)27-19-40-24(10-5-11-28(40)36-27)18-35-15-14-20-6-2-1-3-7-20/h1-13,16-17,19,35H,14-15,18H2,(H2,37,38,39,41). The Morgan fingerprint density at radius 1 is 0.878 bits per heavy atom. The molecule has 0 fully saturated rings. The SMILES string of the molecule is O=C(Nc1nc2cc(-c3cccc(C(F)(F)F)c3)ccc2[nH]1)c1cn2c(CNCCc3ccccc3)cccc2n1. The highest BCUT2D eigenvalue weighted by Crippen LogP contribution is 2.33. The van der Waals surface area contributed by atoms with E-state index in [9.17, 15) is 18.0 Å². The Kier molecular flexibility index (Phi) is 6.98. The molecule has 206 valence electrons. The van der Waals surface area contributed by atoms with E-state index >= 15 is 0 Å². The van der Waals surface area contributed by atoms with Crippen molar-refractivity contribution in [3.63, 3.8) is 0 Å². The summed E-state index contributed by atoms with van der Waals surface area (Å²) in [5, 5.41) is 6.18. The van der Waals surface area contributed by atoms with Crippen LogP contribution in [0.3, 0.4) is 0 Å². The van der Waals surface area contributed by atoms with Gasteiger partial charge in [0.05, 0.1) is 16.6 Å². The van der Waals surface area contributed by atoms with Crippen LogP contribution in [0.5, 0.6) is 0 Å². The zero-order chi connectivity index (χ0) is 28.4. The molecule has 0 unspecified atom stereocenters. The molecule has 10 heteroatoms. The molecule has 6 aromatic rings. The molecular weight excluding hydrogens is 529 g/mol. The highest BCUT2D eigenvalue weighted by atomic mass is 19.4. The van der Waals surface area contributed by atoms with Crippen molar-refractivity contribution in [2.45, 2.75) is 19.1 Å². The maximum atomic E-state index is 13.2. The van der Waals surface area contributed by atoms with Gasteiger partial charge in [-0.05, 0) is 66.1 Å². The number of alkyl halides is 3. The fourth-order valence-electron chi connectivity index (χ4n) is 4.71. The summed E-state index contributed by atoms with van der Waals surface area (Å²) in [6, 6.07) is 26.2. The second kappa shape index (κ2) is 10.9. The Hall–Kier alpha value is -4.96. The lowest BCUT2D eigenvalue weighted by atomic mass is 10.0. The van der Waals surface area contributed by atoms with E-state index < -0.39 is 17.6 Å². The van der Waals surface area contributed by atoms with E-state index in [0.717, 1.165) is 30.8 Å². The number of hydrogen-bond donors (Lipinski definition) is 3. The van der Waals surface area contributed by atoms with Crippen LogP contribution in [-0.2, 0) is 19.1 Å². The number of anilines is 1. The Bertz CT molecular complexity index is 1840. The lowest BCUT2D eigenvalue weighted by Crippen LogP contribution is -2.18. The Morgan fingerprint density at radius 2 is 1.68 bits per heavy atom. The summed E-state index contributed by atoms with van der Waals surface area (Å²) < 4.78 is 41.3. The van der Waals surface area contributed by atoms with Crippen molar-refractivity contribution in [3.05, 3.63) is 120 Å². The monoisotopic (exact) mass is 554 g/mol. The van der Waals surface area contributed by atoms with Gasteiger partial charge in [0.2, 0.25) is 5.95 Å². The van der Waals surface area contributed by atoms with Crippen LogP contribution in [0.15, 0.2) is 97.2 Å². The minimum atomic E-state index is -4.43. The largest absolute Gasteiger partial charge is 0.416 e. The van der Waals surface area contributed by atoms with Crippen LogP contribution >= 0.6 is 0 Å². The number of carbonyl (C=O) groups excluding carboxylic acids is 1. The van der Waals surface area contributed by atoms with Crippen LogP contribution in [-0.4, -0.2) is 31.8 Å². The first-order valence-electron chi connectivity index (χ1n) is 13.0. The third-order valence-corrected chi connectivity index (χ3v) is 6.79. The molecule has 0 aliphatic rings. The molecule has 0 saturated carbocycles. The number of benzene rings is 3. The number of amides is 1. The molecule has 3 aromatic carbocycles. The highest BCUT2D eigenvalue weighted by molar-refractivity contribution is 6.03. The van der Waals surface area contributed by atoms with Crippen molar-refractivity contribution in [1.82, 2.24) is 24.7 Å². The number of pyridine rings is 1. The lowest BCUT2D eigenvalue weighted by Gasteiger charge is -2.08. The summed E-state index contributed by atoms with van der Waals surface area (Å²) in [6.45, 7) is 1.42. The molecule has 0 atom stereocenters. The normalized spacial score (nSPS) is 11.8. The van der Waals surface area contributed by atoms with Crippen LogP contribution in [0, 0.1) is 0 Å². The minimum Gasteiger partial charge on any atom is -0.324 e. The van der Waals surface area contributed by atoms with Crippen LogP contribution < -0.4 is 10.6 Å². The highest BCUT2D eigenvalue weighted by Gasteiger charge is 2.30. The molecule has 0 saturated heterocycles. The van der Waals surface area contributed by atoms with Crippen molar-refractivity contribution in [2.24, 2.45) is 0 Å². The molecule has 0 bridgehead atoms. The van der Waals surface area contributed by atoms with Crippen molar-refractivity contribution >= 4 is 28.5 Å². The summed E-state index contributed by atoms with van der Waals surface area (Å²) >= 11 is 0. The first kappa shape index (κ1) is 26.3. The fraction of sp³-hybridized carbons (Fsp3) is 0.129. The molecular formula is C31H25F3N6O. The van der Waals surface area contributed by atoms with Gasteiger partial charge in [0, 0.05) is 18.4 Å². The van der Waals surface area contributed by atoms with Crippen molar-refractivity contribution in [2.75, 3.05) is 11.9 Å². The first-order valence-corrected chi connectivity index (χ1v) is 13.0. The number of nitrogens with zero attached hydrogens (tertiary/aromatic N) is 3. The Labute approximate surface area is 233 Å². The van der Waals surface area contributed by atoms with Gasteiger partial charge in [0.1, 0.15) is 11.3 Å². The van der Waals surface area contributed by atoms with Gasteiger partial charge in [0.15, 0.2) is 0 Å². The smallest absolute Gasteiger partial charge is 0.324 e. The predicted molar refractivity (Wildman–Crippen MR) is 152 cm³/mol. The van der Waals surface area contributed by atoms with Gasteiger partial charge in [-0.2, -0.15) is 13.2 Å². The quantitative estimate of drug-likeness (QED) is 0.188. The van der Waals surface area contributed by atoms with E-state index in [-0.39, 0.29) is 11.6 Å². The summed E-state index contributed by atoms with van der Waals surface area (Å²) in [5.41, 5.74) is 4.53. The Balaban J connectivity index is 1.15. The van der Waals surface area contributed by atoms with Gasteiger partial charge < -0.3 is 14.7 Å². The van der Waals surface area contributed by atoms with Gasteiger partial charge in [-0.15, -0.1) is 0 Å². The average Bonchev–Trinajstić information content (AvgIpc) is 3.59. The molecule has 41 heavy (non-hydrogen) atoms. The van der Waals surface area contributed by atoms with E-state index in [4.69, 9.17) is 0 Å². The molecule has 6 rings (SSSR count). The number of aromatic amines is 1. The number of halogens is 3. The van der Waals surface area contributed by atoms with E-state index in [1.807, 2.05) is 40.8 Å². The van der Waals surface area contributed by atoms with E-state index in [1.165, 1.54) is 11.6 Å². The second-order valence-electron chi connectivity index (χ2n) is 9.63. The number of carbonyl (C=O) groups is 1. The van der Waals surface area contributed by atoms with Crippen molar-refractivity contribution in [3.8, 4) is 11.1 Å². The minimum absolute atomic E-state index is 0.214. The predicted octanol–water partition coefficient (Wildman–Crippen LogP) is 6.48. The van der Waals surface area contributed by atoms with Gasteiger partial charge in [-0.1, -0.05) is 54.6 Å². The maximum absolute atomic E-state index is 13.2. The molecule has 0 aliphatic heterocycles. The number of nitrogens with one attached hydrogen (secondary N) is 3. The molecule has 3 heterocycles. The summed E-state index contributed by atoms with van der Waals surface area (Å²) in [6.07, 6.45) is -1.83. The Morgan fingerprint density at radius 3 is 2.51 bits per heavy atom. The van der Waals surface area contributed by atoms with E-state index in [0.29, 0.717) is 34.4 Å². The van der Waals surface area contributed by atoms with Gasteiger partial charge in [0.25, 0.3) is 5.91 Å². The molecule has 0 aliphatic carbocycles. The summed E-state index contributed by atoms with van der Waals surface area (Å²) in [4.78, 5) is 25.0. The number of aromatic nitrogens is 4. The van der Waals surface area contributed by atoms with Crippen molar-refractivity contribution < 1.29 is 18.0 Å². The molecule has 3 aromatic heterocycles. The van der Waals surface area contributed by atoms with Gasteiger partial charge >= 0.3 is 6.18 Å². The topological polar surface area (TPSA) is 87.1 Å². The van der Waals surface area contributed by atoms with Gasteiger partial charge in [-0.25, -0.2) is 9.97 Å². The second-order valence-corrected chi connectivity index (χ2v) is 9.63. The molecule has 0 spiro atoms. The number of H-pyrrole nitrogens is 1.